The zero-order valence-electron chi connectivity index (χ0n) is 12.2. The first kappa shape index (κ1) is 13.9. The quantitative estimate of drug-likeness (QED) is 0.839. The van der Waals surface area contributed by atoms with Crippen LogP contribution in [0.4, 0.5) is 0 Å². The number of hydrogen-bond acceptors (Lipinski definition) is 7. The Kier molecular flexibility index (Phi) is 4.30. The lowest BCUT2D eigenvalue weighted by atomic mass is 10.2. The number of hydrogen-bond donors (Lipinski definition) is 1. The normalized spacial score (nSPS) is 29.7. The van der Waals surface area contributed by atoms with E-state index in [-0.39, 0.29) is 12.1 Å². The lowest BCUT2D eigenvalue weighted by molar-refractivity contribution is -0.0431. The van der Waals surface area contributed by atoms with Crippen molar-refractivity contribution in [2.24, 2.45) is 0 Å². The fourth-order valence-electron chi connectivity index (χ4n) is 2.75. The summed E-state index contributed by atoms with van der Waals surface area (Å²) < 4.78 is 11.2. The third-order valence-electron chi connectivity index (χ3n) is 4.14. The van der Waals surface area contributed by atoms with Crippen LogP contribution < -0.4 is 5.32 Å². The van der Waals surface area contributed by atoms with Gasteiger partial charge in [-0.2, -0.15) is 4.98 Å². The summed E-state index contributed by atoms with van der Waals surface area (Å²) in [6, 6.07) is 0.187. The van der Waals surface area contributed by atoms with Crippen molar-refractivity contribution in [3.8, 4) is 0 Å². The molecule has 7 nitrogen and oxygen atoms in total. The average molecular weight is 281 g/mol. The largest absolute Gasteiger partial charge is 0.366 e. The molecular weight excluding hydrogens is 258 g/mol. The standard InChI is InChI=1S/C13H23N5O2/c1-3-18-6-7-19-11(9-18)13-15-12(16-20-13)10-8-14-4-5-17(10)2/h10-11,14H,3-9H2,1-2H3. The fourth-order valence-corrected chi connectivity index (χ4v) is 2.75. The fraction of sp³-hybridized carbons (Fsp3) is 0.846. The first-order valence-electron chi connectivity index (χ1n) is 7.36. The van der Waals surface area contributed by atoms with Crippen LogP contribution in [0, 0.1) is 0 Å². The summed E-state index contributed by atoms with van der Waals surface area (Å²) in [7, 11) is 2.09. The van der Waals surface area contributed by atoms with Gasteiger partial charge in [-0.1, -0.05) is 12.1 Å². The van der Waals surface area contributed by atoms with Gasteiger partial charge in [-0.25, -0.2) is 0 Å². The van der Waals surface area contributed by atoms with Gasteiger partial charge in [-0.05, 0) is 13.6 Å². The van der Waals surface area contributed by atoms with E-state index in [1.165, 1.54) is 0 Å². The van der Waals surface area contributed by atoms with Gasteiger partial charge in [-0.3, -0.25) is 9.80 Å². The number of likely N-dealkylation sites (N-methyl/N-ethyl adjacent to an activating group) is 2. The summed E-state index contributed by atoms with van der Waals surface area (Å²) in [5.74, 6) is 1.36. The monoisotopic (exact) mass is 281 g/mol. The summed E-state index contributed by atoms with van der Waals surface area (Å²) in [5.41, 5.74) is 0. The van der Waals surface area contributed by atoms with Crippen molar-refractivity contribution in [3.63, 3.8) is 0 Å². The van der Waals surface area contributed by atoms with Crippen molar-refractivity contribution in [3.05, 3.63) is 11.7 Å². The third-order valence-corrected chi connectivity index (χ3v) is 4.14. The van der Waals surface area contributed by atoms with Crippen LogP contribution in [0.25, 0.3) is 0 Å². The first-order chi connectivity index (χ1) is 9.78. The molecule has 0 spiro atoms. The molecule has 0 aliphatic carbocycles. The number of aromatic nitrogens is 2. The molecule has 3 heterocycles. The Morgan fingerprint density at radius 2 is 2.30 bits per heavy atom. The molecular formula is C13H23N5O2. The van der Waals surface area contributed by atoms with E-state index in [0.29, 0.717) is 5.89 Å². The zero-order valence-corrected chi connectivity index (χ0v) is 12.2. The maximum Gasteiger partial charge on any atom is 0.257 e. The van der Waals surface area contributed by atoms with Gasteiger partial charge in [0.25, 0.3) is 5.89 Å². The molecule has 2 unspecified atom stereocenters. The molecule has 2 aliphatic rings. The molecule has 1 aromatic rings. The van der Waals surface area contributed by atoms with Crippen molar-refractivity contribution in [1.82, 2.24) is 25.3 Å². The Morgan fingerprint density at radius 1 is 1.40 bits per heavy atom. The first-order valence-corrected chi connectivity index (χ1v) is 7.36. The van der Waals surface area contributed by atoms with Gasteiger partial charge in [0.05, 0.1) is 12.6 Å². The number of rotatable bonds is 3. The highest BCUT2D eigenvalue weighted by Gasteiger charge is 2.29. The van der Waals surface area contributed by atoms with Crippen LogP contribution in [0.3, 0.4) is 0 Å². The van der Waals surface area contributed by atoms with Gasteiger partial charge < -0.3 is 14.6 Å². The lowest BCUT2D eigenvalue weighted by Gasteiger charge is -2.31. The Balaban J connectivity index is 1.69. The van der Waals surface area contributed by atoms with Crippen molar-refractivity contribution in [2.75, 3.05) is 52.9 Å². The topological polar surface area (TPSA) is 66.7 Å². The van der Waals surface area contributed by atoms with Gasteiger partial charge in [0, 0.05) is 32.7 Å². The van der Waals surface area contributed by atoms with Crippen LogP contribution in [0.15, 0.2) is 4.52 Å². The number of morpholine rings is 1. The molecule has 0 bridgehead atoms. The predicted molar refractivity (Wildman–Crippen MR) is 73.3 cm³/mol. The van der Waals surface area contributed by atoms with E-state index in [4.69, 9.17) is 9.26 Å². The summed E-state index contributed by atoms with van der Waals surface area (Å²) in [5, 5.41) is 7.52. The van der Waals surface area contributed by atoms with E-state index in [1.807, 2.05) is 0 Å². The second-order valence-electron chi connectivity index (χ2n) is 5.44. The van der Waals surface area contributed by atoms with E-state index >= 15 is 0 Å². The van der Waals surface area contributed by atoms with E-state index in [0.717, 1.165) is 51.7 Å². The molecule has 112 valence electrons. The molecule has 20 heavy (non-hydrogen) atoms. The van der Waals surface area contributed by atoms with Crippen molar-refractivity contribution < 1.29 is 9.26 Å². The van der Waals surface area contributed by atoms with Gasteiger partial charge in [-0.15, -0.1) is 0 Å². The predicted octanol–water partition coefficient (Wildman–Crippen LogP) is 0.0389. The molecule has 2 saturated heterocycles. The van der Waals surface area contributed by atoms with E-state index in [1.54, 1.807) is 0 Å². The number of nitrogens with zero attached hydrogens (tertiary/aromatic N) is 4. The van der Waals surface area contributed by atoms with Crippen molar-refractivity contribution in [1.29, 1.82) is 0 Å². The molecule has 7 heteroatoms. The van der Waals surface area contributed by atoms with E-state index in [9.17, 15) is 0 Å². The van der Waals surface area contributed by atoms with Crippen LogP contribution in [-0.4, -0.2) is 72.9 Å². The summed E-state index contributed by atoms with van der Waals surface area (Å²) in [6.07, 6.45) is -0.0909. The number of nitrogens with one attached hydrogen (secondary N) is 1. The second kappa shape index (κ2) is 6.17. The van der Waals surface area contributed by atoms with Gasteiger partial charge in [0.2, 0.25) is 0 Å². The van der Waals surface area contributed by atoms with Crippen LogP contribution in [0.2, 0.25) is 0 Å². The molecule has 0 amide bonds. The van der Waals surface area contributed by atoms with Gasteiger partial charge in [0.15, 0.2) is 5.82 Å². The molecule has 0 aromatic carbocycles. The molecule has 0 radical (unpaired) electrons. The molecule has 1 N–H and O–H groups in total. The minimum atomic E-state index is -0.0909. The highest BCUT2D eigenvalue weighted by atomic mass is 16.5. The Hall–Kier alpha value is -1.02. The van der Waals surface area contributed by atoms with Crippen molar-refractivity contribution in [2.45, 2.75) is 19.1 Å². The minimum absolute atomic E-state index is 0.0909. The molecule has 0 saturated carbocycles. The van der Waals surface area contributed by atoms with Crippen LogP contribution in [0.5, 0.6) is 0 Å². The molecule has 2 fully saturated rings. The SMILES string of the molecule is CCN1CCOC(c2nc(C3CNCCN3C)no2)C1. The van der Waals surface area contributed by atoms with E-state index < -0.39 is 0 Å². The number of piperazine rings is 1. The third kappa shape index (κ3) is 2.85. The van der Waals surface area contributed by atoms with Crippen LogP contribution in [0.1, 0.15) is 30.8 Å². The second-order valence-corrected chi connectivity index (χ2v) is 5.44. The van der Waals surface area contributed by atoms with Crippen molar-refractivity contribution >= 4 is 0 Å². The van der Waals surface area contributed by atoms with Crippen LogP contribution >= 0.6 is 0 Å². The highest BCUT2D eigenvalue weighted by molar-refractivity contribution is 5.00. The number of ether oxygens (including phenoxy) is 1. The smallest absolute Gasteiger partial charge is 0.257 e. The van der Waals surface area contributed by atoms with Gasteiger partial charge >= 0.3 is 0 Å². The summed E-state index contributed by atoms with van der Waals surface area (Å²) in [6.45, 7) is 8.58. The van der Waals surface area contributed by atoms with Crippen LogP contribution in [-0.2, 0) is 4.74 Å². The zero-order chi connectivity index (χ0) is 13.9. The minimum Gasteiger partial charge on any atom is -0.366 e. The maximum atomic E-state index is 5.76. The summed E-state index contributed by atoms with van der Waals surface area (Å²) >= 11 is 0. The molecule has 3 rings (SSSR count). The Labute approximate surface area is 119 Å². The van der Waals surface area contributed by atoms with E-state index in [2.05, 4.69) is 39.2 Å². The Morgan fingerprint density at radius 3 is 3.10 bits per heavy atom. The highest BCUT2D eigenvalue weighted by Crippen LogP contribution is 2.24. The maximum absolute atomic E-state index is 5.76. The average Bonchev–Trinajstić information content (AvgIpc) is 2.97. The summed E-state index contributed by atoms with van der Waals surface area (Å²) in [4.78, 5) is 9.16. The Bertz CT molecular complexity index is 438. The molecule has 2 atom stereocenters. The molecule has 2 aliphatic heterocycles. The lowest BCUT2D eigenvalue weighted by Crippen LogP contribution is -2.44. The van der Waals surface area contributed by atoms with Gasteiger partial charge in [0.1, 0.15) is 6.10 Å². The molecule has 1 aromatic heterocycles.